The Hall–Kier alpha value is -2.23. The van der Waals surface area contributed by atoms with Gasteiger partial charge in [-0.2, -0.15) is 18.2 Å². The average molecular weight is 774 g/mol. The van der Waals surface area contributed by atoms with Gasteiger partial charge in [-0.25, -0.2) is 12.1 Å². The van der Waals surface area contributed by atoms with Crippen LogP contribution in [0.4, 0.5) is 0 Å². The van der Waals surface area contributed by atoms with E-state index in [1.807, 2.05) is 42.5 Å². The van der Waals surface area contributed by atoms with Crippen LogP contribution in [0.15, 0.2) is 133 Å². The summed E-state index contributed by atoms with van der Waals surface area (Å²) >= 11 is -2.41. The molecule has 0 heterocycles. The van der Waals surface area contributed by atoms with Gasteiger partial charge in [0.2, 0.25) is 0 Å². The van der Waals surface area contributed by atoms with E-state index in [2.05, 4.69) is 133 Å². The molecule has 0 aliphatic carbocycles. The molecule has 0 bridgehead atoms. The predicted octanol–water partition coefficient (Wildman–Crippen LogP) is 10.4. The molecular formula is C38H40Cl2HfSi-2. The molecule has 216 valence electrons. The summed E-state index contributed by atoms with van der Waals surface area (Å²) in [5.74, 6) is 0. The van der Waals surface area contributed by atoms with Crippen molar-refractivity contribution in [2.45, 2.75) is 52.4 Å². The second-order valence-corrected chi connectivity index (χ2v) is 38.8. The smallest absolute Gasteiger partial charge is 0.172 e. The van der Waals surface area contributed by atoms with E-state index >= 15 is 0 Å². The second-order valence-electron chi connectivity index (χ2n) is 12.6. The Labute approximate surface area is 267 Å². The van der Waals surface area contributed by atoms with Crippen molar-refractivity contribution >= 4 is 54.6 Å². The van der Waals surface area contributed by atoms with Crippen molar-refractivity contribution < 1.29 is 17.7 Å². The van der Waals surface area contributed by atoms with E-state index in [0.717, 1.165) is 0 Å². The van der Waals surface area contributed by atoms with Gasteiger partial charge in [-0.1, -0.05) is 76.9 Å². The van der Waals surface area contributed by atoms with Gasteiger partial charge in [0.25, 0.3) is 0 Å². The first-order valence-electron chi connectivity index (χ1n) is 14.4. The minimum Gasteiger partial charge on any atom is -0.214 e. The first-order chi connectivity index (χ1) is 19.9. The van der Waals surface area contributed by atoms with Gasteiger partial charge in [0.05, 0.1) is 0 Å². The molecule has 0 aromatic heterocycles. The van der Waals surface area contributed by atoms with Gasteiger partial charge >= 0.3 is 111 Å². The zero-order chi connectivity index (χ0) is 30.3. The van der Waals surface area contributed by atoms with Crippen LogP contribution in [0.2, 0.25) is 0 Å². The zero-order valence-corrected chi connectivity index (χ0v) is 31.6. The number of halogens is 2. The molecule has 0 aliphatic rings. The number of hydrogen-bond acceptors (Lipinski definition) is 0. The monoisotopic (exact) mass is 774 g/mol. The first-order valence-corrected chi connectivity index (χ1v) is 30.2. The molecule has 0 saturated carbocycles. The molecule has 0 N–H and O–H groups in total. The van der Waals surface area contributed by atoms with E-state index in [9.17, 15) is 0 Å². The van der Waals surface area contributed by atoms with Crippen LogP contribution in [0.3, 0.4) is 0 Å². The molecular weight excluding hydrogens is 734 g/mol. The summed E-state index contributed by atoms with van der Waals surface area (Å²) in [4.78, 5) is 0. The quantitative estimate of drug-likeness (QED) is 0.121. The molecule has 0 fully saturated rings. The maximum Gasteiger partial charge on any atom is -0.172 e. The van der Waals surface area contributed by atoms with Crippen LogP contribution in [-0.2, 0) is 28.5 Å². The molecule has 6 rings (SSSR count). The van der Waals surface area contributed by atoms with Crippen molar-refractivity contribution in [3.05, 3.63) is 145 Å². The minimum atomic E-state index is -2.41. The maximum absolute atomic E-state index is 6.34. The summed E-state index contributed by atoms with van der Waals surface area (Å²) < 4.78 is 0. The third-order valence-corrected chi connectivity index (χ3v) is 29.1. The van der Waals surface area contributed by atoms with Crippen LogP contribution >= 0.6 is 17.2 Å². The summed E-state index contributed by atoms with van der Waals surface area (Å²) in [6.07, 6.45) is 0. The van der Waals surface area contributed by atoms with E-state index < -0.39 is 23.2 Å². The average Bonchev–Trinajstić information content (AvgIpc) is 3.65. The largest absolute Gasteiger partial charge is 0.214 e. The standard InChI is InChI=1S/C21H25.C12H10Si.C5H5.2ClH.Hf/c1-20(2,3)16-7-9-18-14(12-16)11-15-13-17(21(4,5)6)8-10-19(15)18;1-3-7-11(8-4-1)13-12-9-5-2-6-10-12;1-2-4-5-3-1;;;/h7-13H,1-6H3;1-10H;1-5H;2*1H;/q-1;;-1;;;+2/p-2. The Bertz CT molecular complexity index is 1600. The molecule has 0 saturated heterocycles. The normalized spacial score (nSPS) is 11.3. The second kappa shape index (κ2) is 14.5. The zero-order valence-electron chi connectivity index (χ0n) is 25.5. The van der Waals surface area contributed by atoms with Crippen molar-refractivity contribution in [2.24, 2.45) is 0 Å². The molecule has 0 aliphatic heterocycles. The first kappa shape index (κ1) is 32.7. The maximum atomic E-state index is 6.34. The predicted molar refractivity (Wildman–Crippen MR) is 186 cm³/mol. The number of fused-ring (bicyclic) bond motifs is 3. The fourth-order valence-electron chi connectivity index (χ4n) is 4.87. The minimum absolute atomic E-state index is 0.203. The van der Waals surface area contributed by atoms with Gasteiger partial charge in [-0.15, -0.1) is 39.7 Å². The van der Waals surface area contributed by atoms with Crippen LogP contribution in [-0.4, -0.2) is 5.49 Å². The van der Waals surface area contributed by atoms with Crippen LogP contribution in [0.1, 0.15) is 52.7 Å². The Kier molecular flexibility index (Phi) is 11.3. The van der Waals surface area contributed by atoms with Crippen LogP contribution in [0.25, 0.3) is 21.5 Å². The van der Waals surface area contributed by atoms with Gasteiger partial charge < -0.3 is 0 Å². The fraction of sp³-hybridized carbons (Fsp3) is 0.211. The van der Waals surface area contributed by atoms with Gasteiger partial charge in [0.1, 0.15) is 0 Å². The Balaban J connectivity index is 0.000000170. The Morgan fingerprint density at radius 3 is 1.26 bits per heavy atom. The molecule has 0 amide bonds. The van der Waals surface area contributed by atoms with Gasteiger partial charge in [-0.3, -0.25) is 0 Å². The number of rotatable bonds is 2. The Morgan fingerprint density at radius 2 is 0.952 bits per heavy atom. The van der Waals surface area contributed by atoms with E-state index in [0.29, 0.717) is 0 Å². The van der Waals surface area contributed by atoms with E-state index in [1.165, 1.54) is 43.0 Å². The van der Waals surface area contributed by atoms with Crippen molar-refractivity contribution in [3.8, 4) is 0 Å². The van der Waals surface area contributed by atoms with Gasteiger partial charge in [-0.05, 0) is 10.8 Å². The van der Waals surface area contributed by atoms with Crippen LogP contribution in [0.5, 0.6) is 0 Å². The summed E-state index contributed by atoms with van der Waals surface area (Å²) in [5, 5.41) is 8.15. The summed E-state index contributed by atoms with van der Waals surface area (Å²) in [6.45, 7) is 13.6. The molecule has 0 atom stereocenters. The van der Waals surface area contributed by atoms with Gasteiger partial charge in [0, 0.05) is 0 Å². The van der Waals surface area contributed by atoms with Crippen molar-refractivity contribution in [1.82, 2.24) is 0 Å². The third kappa shape index (κ3) is 8.66. The summed E-state index contributed by atoms with van der Waals surface area (Å²) in [6, 6.07) is 47.1. The van der Waals surface area contributed by atoms with Crippen molar-refractivity contribution in [1.29, 1.82) is 0 Å². The van der Waals surface area contributed by atoms with Gasteiger partial charge in [0.15, 0.2) is 0 Å². The molecule has 4 heteroatoms. The van der Waals surface area contributed by atoms with Crippen LogP contribution < -0.4 is 10.4 Å². The van der Waals surface area contributed by atoms with E-state index in [-0.39, 0.29) is 10.8 Å². The van der Waals surface area contributed by atoms with E-state index in [1.54, 1.807) is 0 Å². The van der Waals surface area contributed by atoms with Crippen LogP contribution in [0, 0.1) is 0 Å². The van der Waals surface area contributed by atoms with Crippen molar-refractivity contribution in [3.63, 3.8) is 0 Å². The molecule has 0 unspecified atom stereocenters. The summed E-state index contributed by atoms with van der Waals surface area (Å²) in [5.41, 5.74) is 2.34. The number of hydrogen-bond donors (Lipinski definition) is 0. The van der Waals surface area contributed by atoms with E-state index in [4.69, 9.17) is 17.2 Å². The summed E-state index contributed by atoms with van der Waals surface area (Å²) in [7, 11) is 12.7. The molecule has 0 spiro atoms. The SMILES string of the molecule is CC(C)(C)c1ccc2c(c1)[cH-]c1cc(C(C)(C)C)ccc12.[Cl][Hf]([Cl])=[Si](c1ccccc1)c1ccccc1.c1cc[cH-]c1. The van der Waals surface area contributed by atoms with Crippen molar-refractivity contribution in [2.75, 3.05) is 0 Å². The molecule has 6 aromatic rings. The molecule has 6 aromatic carbocycles. The molecule has 0 radical (unpaired) electrons. The number of benzene rings is 4. The Morgan fingerprint density at radius 1 is 0.548 bits per heavy atom. The molecule has 42 heavy (non-hydrogen) atoms. The fourth-order valence-corrected chi connectivity index (χ4v) is 25.7. The molecule has 0 nitrogen and oxygen atoms in total. The topological polar surface area (TPSA) is 0 Å². The third-order valence-electron chi connectivity index (χ3n) is 7.31.